The Morgan fingerprint density at radius 1 is 1.21 bits per heavy atom. The lowest BCUT2D eigenvalue weighted by Gasteiger charge is -2.32. The largest absolute Gasteiger partial charge is 0.490 e. The van der Waals surface area contributed by atoms with Gasteiger partial charge in [0.25, 0.3) is 0 Å². The maximum Gasteiger partial charge on any atom is 0.490 e. The van der Waals surface area contributed by atoms with Gasteiger partial charge in [0.15, 0.2) is 5.65 Å². The van der Waals surface area contributed by atoms with E-state index in [1.54, 1.807) is 16.8 Å². The second kappa shape index (κ2) is 9.16. The summed E-state index contributed by atoms with van der Waals surface area (Å²) in [7, 11) is 0. The average molecular weight is 475 g/mol. The zero-order chi connectivity index (χ0) is 23.7. The number of halogens is 3. The minimum Gasteiger partial charge on any atom is -0.454 e. The van der Waals surface area contributed by atoms with E-state index in [9.17, 15) is 18.0 Å². The van der Waals surface area contributed by atoms with Crippen molar-refractivity contribution in [3.05, 3.63) is 36.3 Å². The van der Waals surface area contributed by atoms with Crippen LogP contribution in [-0.4, -0.2) is 62.4 Å². The summed E-state index contributed by atoms with van der Waals surface area (Å²) in [6, 6.07) is 3.58. The van der Waals surface area contributed by atoms with Crippen LogP contribution < -0.4 is 10.6 Å². The minimum atomic E-state index is -5.02. The van der Waals surface area contributed by atoms with Crippen molar-refractivity contribution >= 4 is 17.6 Å². The van der Waals surface area contributed by atoms with Gasteiger partial charge in [0.1, 0.15) is 6.10 Å². The molecule has 12 heteroatoms. The number of piperidine rings is 1. The highest BCUT2D eigenvalue weighted by Gasteiger charge is 2.43. The molecule has 9 nitrogen and oxygen atoms in total. The Labute approximate surface area is 193 Å². The molecule has 0 amide bonds. The molecule has 1 aliphatic carbocycles. The van der Waals surface area contributed by atoms with Gasteiger partial charge < -0.3 is 15.4 Å². The molecule has 0 bridgehead atoms. The summed E-state index contributed by atoms with van der Waals surface area (Å²) in [6.07, 6.45) is 3.47. The first-order valence-electron chi connectivity index (χ1n) is 11.3. The number of rotatable bonds is 6. The van der Waals surface area contributed by atoms with Crippen LogP contribution in [0.25, 0.3) is 17.0 Å². The number of hydrogen-bond donors (Lipinski definition) is 2. The molecule has 180 valence electrons. The molecular weight excluding hydrogens is 451 g/mol. The van der Waals surface area contributed by atoms with Crippen molar-refractivity contribution < 1.29 is 22.7 Å². The minimum absolute atomic E-state index is 0.160. The van der Waals surface area contributed by atoms with Crippen molar-refractivity contribution in [2.45, 2.75) is 43.9 Å². The van der Waals surface area contributed by atoms with Gasteiger partial charge in [-0.2, -0.15) is 18.3 Å². The van der Waals surface area contributed by atoms with Crippen LogP contribution in [0.4, 0.5) is 19.1 Å². The van der Waals surface area contributed by atoms with Crippen LogP contribution in [-0.2, 0) is 9.53 Å². The summed E-state index contributed by atoms with van der Waals surface area (Å²) in [6.45, 7) is 1.04. The summed E-state index contributed by atoms with van der Waals surface area (Å²) >= 11 is 0. The van der Waals surface area contributed by atoms with Crippen molar-refractivity contribution in [3.63, 3.8) is 0 Å². The van der Waals surface area contributed by atoms with Gasteiger partial charge in [-0.05, 0) is 43.9 Å². The molecule has 1 saturated carbocycles. The Hall–Kier alpha value is -3.28. The molecule has 5 rings (SSSR count). The number of aromatic nitrogens is 5. The lowest BCUT2D eigenvalue weighted by atomic mass is 9.81. The van der Waals surface area contributed by atoms with Gasteiger partial charge in [0.2, 0.25) is 5.95 Å². The smallest absolute Gasteiger partial charge is 0.454 e. The summed E-state index contributed by atoms with van der Waals surface area (Å²) in [4.78, 5) is 24.8. The quantitative estimate of drug-likeness (QED) is 0.525. The van der Waals surface area contributed by atoms with Crippen molar-refractivity contribution in [1.82, 2.24) is 29.9 Å². The number of nitrogens with one attached hydrogen (secondary N) is 2. The predicted molar refractivity (Wildman–Crippen MR) is 116 cm³/mol. The third kappa shape index (κ3) is 4.67. The average Bonchev–Trinajstić information content (AvgIpc) is 3.20. The lowest BCUT2D eigenvalue weighted by molar-refractivity contribution is -0.207. The summed E-state index contributed by atoms with van der Waals surface area (Å²) in [5, 5.41) is 10.4. The lowest BCUT2D eigenvalue weighted by Crippen LogP contribution is -2.47. The second-order valence-electron chi connectivity index (χ2n) is 8.65. The number of carbonyl (C=O) groups excluding carboxylic acids is 1. The first-order valence-corrected chi connectivity index (χ1v) is 11.3. The zero-order valence-corrected chi connectivity index (χ0v) is 18.3. The van der Waals surface area contributed by atoms with E-state index in [4.69, 9.17) is 9.72 Å². The van der Waals surface area contributed by atoms with E-state index in [1.165, 1.54) is 6.42 Å². The molecule has 1 saturated heterocycles. The molecule has 0 aromatic carbocycles. The normalized spacial score (nSPS) is 21.3. The van der Waals surface area contributed by atoms with Gasteiger partial charge in [-0.1, -0.05) is 6.42 Å². The molecule has 0 radical (unpaired) electrons. The fraction of sp³-hybridized carbons (Fsp3) is 0.500. The van der Waals surface area contributed by atoms with Crippen molar-refractivity contribution in [2.75, 3.05) is 25.0 Å². The summed E-state index contributed by atoms with van der Waals surface area (Å²) < 4.78 is 44.3. The number of esters is 1. The molecule has 4 heterocycles. The van der Waals surface area contributed by atoms with Gasteiger partial charge in [-0.15, -0.1) is 0 Å². The number of fused-ring (bicyclic) bond motifs is 1. The van der Waals surface area contributed by atoms with E-state index in [0.717, 1.165) is 24.1 Å². The monoisotopic (exact) mass is 475 g/mol. The first-order chi connectivity index (χ1) is 16.4. The van der Waals surface area contributed by atoms with E-state index in [0.29, 0.717) is 36.2 Å². The Bertz CT molecular complexity index is 1180. The van der Waals surface area contributed by atoms with Crippen LogP contribution >= 0.6 is 0 Å². The Balaban J connectivity index is 1.29. The molecule has 34 heavy (non-hydrogen) atoms. The van der Waals surface area contributed by atoms with Crippen LogP contribution in [0.5, 0.6) is 0 Å². The highest BCUT2D eigenvalue weighted by molar-refractivity contribution is 5.75. The molecule has 3 aromatic heterocycles. The molecule has 2 fully saturated rings. The van der Waals surface area contributed by atoms with E-state index in [2.05, 4.69) is 25.7 Å². The summed E-state index contributed by atoms with van der Waals surface area (Å²) in [5.41, 5.74) is 3.26. The number of alkyl halides is 3. The maximum atomic E-state index is 12.6. The van der Waals surface area contributed by atoms with Crippen LogP contribution in [0.15, 0.2) is 30.7 Å². The number of ether oxygens (including phenoxy) is 1. The molecule has 0 spiro atoms. The zero-order valence-electron chi connectivity index (χ0n) is 18.3. The van der Waals surface area contributed by atoms with E-state index in [-0.39, 0.29) is 19.0 Å². The van der Waals surface area contributed by atoms with Crippen LogP contribution in [0.2, 0.25) is 0 Å². The molecule has 3 aromatic rings. The van der Waals surface area contributed by atoms with Gasteiger partial charge in [0, 0.05) is 37.0 Å². The number of hydrogen-bond acceptors (Lipinski definition) is 8. The SMILES string of the molecule is O=C(OC1CNCCC1CNc1nccc(-c2ccn3ncc(C4CCC4)c3n2)n1)C(F)(F)F. The Morgan fingerprint density at radius 2 is 2.03 bits per heavy atom. The molecule has 2 atom stereocenters. The fourth-order valence-corrected chi connectivity index (χ4v) is 4.31. The summed E-state index contributed by atoms with van der Waals surface area (Å²) in [5.74, 6) is -1.67. The number of carbonyl (C=O) groups is 1. The van der Waals surface area contributed by atoms with Crippen LogP contribution in [0.1, 0.15) is 37.2 Å². The third-order valence-electron chi connectivity index (χ3n) is 6.43. The van der Waals surface area contributed by atoms with Crippen molar-refractivity contribution in [2.24, 2.45) is 5.92 Å². The van der Waals surface area contributed by atoms with Gasteiger partial charge in [0.05, 0.1) is 17.6 Å². The molecule has 2 unspecified atom stereocenters. The highest BCUT2D eigenvalue weighted by atomic mass is 19.4. The highest BCUT2D eigenvalue weighted by Crippen LogP contribution is 2.38. The second-order valence-corrected chi connectivity index (χ2v) is 8.65. The molecule has 2 aliphatic rings. The molecule has 2 N–H and O–H groups in total. The number of nitrogens with zero attached hydrogens (tertiary/aromatic N) is 5. The fourth-order valence-electron chi connectivity index (χ4n) is 4.31. The van der Waals surface area contributed by atoms with E-state index >= 15 is 0 Å². The van der Waals surface area contributed by atoms with Crippen LogP contribution in [0, 0.1) is 5.92 Å². The molecule has 1 aliphatic heterocycles. The third-order valence-corrected chi connectivity index (χ3v) is 6.43. The Kier molecular flexibility index (Phi) is 6.07. The topological polar surface area (TPSA) is 106 Å². The van der Waals surface area contributed by atoms with E-state index in [1.807, 2.05) is 18.5 Å². The number of anilines is 1. The van der Waals surface area contributed by atoms with Crippen LogP contribution in [0.3, 0.4) is 0 Å². The standard InChI is InChI=1S/C22H24F3N7O2/c23-22(24,25)20(33)34-18-12-26-7-4-14(18)10-28-21-27-8-5-16(31-21)17-6-9-32-19(30-17)15(11-29-32)13-2-1-3-13/h5-6,8-9,11,13-14,18,26H,1-4,7,10,12H2,(H,27,28,31). The van der Waals surface area contributed by atoms with Crippen molar-refractivity contribution in [3.8, 4) is 11.4 Å². The first kappa shape index (κ1) is 22.5. The van der Waals surface area contributed by atoms with Gasteiger partial charge in [-0.3, -0.25) is 0 Å². The Morgan fingerprint density at radius 3 is 2.79 bits per heavy atom. The van der Waals surface area contributed by atoms with E-state index < -0.39 is 18.2 Å². The predicted octanol–water partition coefficient (Wildman–Crippen LogP) is 2.95. The van der Waals surface area contributed by atoms with Gasteiger partial charge >= 0.3 is 12.1 Å². The van der Waals surface area contributed by atoms with Gasteiger partial charge in [-0.25, -0.2) is 24.3 Å². The van der Waals surface area contributed by atoms with Crippen molar-refractivity contribution in [1.29, 1.82) is 0 Å². The maximum absolute atomic E-state index is 12.6. The molecular formula is C22H24F3N7O2.